The third-order valence-corrected chi connectivity index (χ3v) is 4.13. The molecule has 0 saturated carbocycles. The van der Waals surface area contributed by atoms with E-state index in [-0.39, 0.29) is 0 Å². The van der Waals surface area contributed by atoms with Crippen molar-refractivity contribution in [2.45, 2.75) is 32.2 Å². The molecule has 2 unspecified atom stereocenters. The molecule has 2 rings (SSSR count). The second kappa shape index (κ2) is 6.33. The molecule has 2 heterocycles. The lowest BCUT2D eigenvalue weighted by Gasteiger charge is -2.30. The molecule has 1 aromatic rings. The van der Waals surface area contributed by atoms with Gasteiger partial charge in [0.15, 0.2) is 0 Å². The second-order valence-electron chi connectivity index (χ2n) is 4.56. The fourth-order valence-corrected chi connectivity index (χ4v) is 2.84. The molecule has 2 atom stereocenters. The van der Waals surface area contributed by atoms with Crippen LogP contribution in [0.5, 0.6) is 0 Å². The van der Waals surface area contributed by atoms with Gasteiger partial charge in [0.25, 0.3) is 0 Å². The Labute approximate surface area is 102 Å². The van der Waals surface area contributed by atoms with Crippen LogP contribution in [0.15, 0.2) is 11.6 Å². The van der Waals surface area contributed by atoms with E-state index in [2.05, 4.69) is 22.5 Å². The van der Waals surface area contributed by atoms with E-state index in [0.717, 1.165) is 25.4 Å². The number of hydrogen-bond acceptors (Lipinski definition) is 4. The lowest BCUT2D eigenvalue weighted by molar-refractivity contribution is 0.291. The number of nitrogens with zero attached hydrogens (tertiary/aromatic N) is 1. The molecule has 0 aliphatic carbocycles. The predicted octanol–water partition coefficient (Wildman–Crippen LogP) is 1.66. The van der Waals surface area contributed by atoms with Crippen LogP contribution in [0.25, 0.3) is 0 Å². The maximum atomic E-state index is 4.28. The molecule has 1 saturated heterocycles. The fraction of sp³-hybridized carbons (Fsp3) is 0.750. The molecule has 1 aromatic heterocycles. The normalized spacial score (nSPS) is 25.8. The number of thiazole rings is 1. The number of rotatable bonds is 5. The lowest BCUT2D eigenvalue weighted by Crippen LogP contribution is -2.46. The molecule has 0 radical (unpaired) electrons. The Morgan fingerprint density at radius 2 is 2.56 bits per heavy atom. The number of aromatic nitrogens is 1. The smallest absolute Gasteiger partial charge is 0.0937 e. The summed E-state index contributed by atoms with van der Waals surface area (Å²) in [5, 5.41) is 10.4. The Bertz CT molecular complexity index is 286. The molecular weight excluding hydrogens is 218 g/mol. The van der Waals surface area contributed by atoms with Crippen molar-refractivity contribution >= 4 is 11.3 Å². The summed E-state index contributed by atoms with van der Waals surface area (Å²) in [6.45, 7) is 5.66. The van der Waals surface area contributed by atoms with Crippen molar-refractivity contribution in [2.24, 2.45) is 5.92 Å². The van der Waals surface area contributed by atoms with Gasteiger partial charge in [-0.2, -0.15) is 0 Å². The van der Waals surface area contributed by atoms with Gasteiger partial charge in [-0.15, -0.1) is 11.3 Å². The van der Waals surface area contributed by atoms with Gasteiger partial charge in [0.1, 0.15) is 0 Å². The van der Waals surface area contributed by atoms with Gasteiger partial charge in [-0.05, 0) is 25.3 Å². The molecule has 4 heteroatoms. The van der Waals surface area contributed by atoms with Crippen LogP contribution in [0, 0.1) is 5.92 Å². The molecule has 0 bridgehead atoms. The average Bonchev–Trinajstić information content (AvgIpc) is 2.79. The Kier molecular flexibility index (Phi) is 4.75. The first kappa shape index (κ1) is 12.0. The Morgan fingerprint density at radius 3 is 3.31 bits per heavy atom. The van der Waals surface area contributed by atoms with E-state index in [9.17, 15) is 0 Å². The van der Waals surface area contributed by atoms with Crippen molar-refractivity contribution in [3.63, 3.8) is 0 Å². The number of hydrogen-bond donors (Lipinski definition) is 2. The van der Waals surface area contributed by atoms with Crippen LogP contribution in [0.4, 0.5) is 0 Å². The van der Waals surface area contributed by atoms with E-state index in [1.165, 1.54) is 24.4 Å². The van der Waals surface area contributed by atoms with Crippen LogP contribution >= 0.6 is 11.3 Å². The van der Waals surface area contributed by atoms with Crippen LogP contribution in [-0.4, -0.2) is 30.7 Å². The zero-order chi connectivity index (χ0) is 11.2. The van der Waals surface area contributed by atoms with Gasteiger partial charge in [0, 0.05) is 37.1 Å². The van der Waals surface area contributed by atoms with E-state index < -0.39 is 0 Å². The van der Waals surface area contributed by atoms with Crippen molar-refractivity contribution < 1.29 is 0 Å². The first-order chi connectivity index (χ1) is 7.86. The van der Waals surface area contributed by atoms with Gasteiger partial charge in [-0.1, -0.05) is 6.92 Å². The molecule has 90 valence electrons. The minimum atomic E-state index is 0.657. The quantitative estimate of drug-likeness (QED) is 0.767. The van der Waals surface area contributed by atoms with Crippen LogP contribution in [0.3, 0.4) is 0 Å². The number of nitrogens with one attached hydrogen (secondary N) is 2. The standard InChI is InChI=1S/C12H21N3S/c1-10-3-2-5-14-11(10)9-13-6-4-12-15-7-8-16-12/h7-8,10-11,13-14H,2-6,9H2,1H3. The van der Waals surface area contributed by atoms with Crippen molar-refractivity contribution in [1.82, 2.24) is 15.6 Å². The summed E-state index contributed by atoms with van der Waals surface area (Å²) in [5.74, 6) is 0.807. The summed E-state index contributed by atoms with van der Waals surface area (Å²) in [4.78, 5) is 4.28. The van der Waals surface area contributed by atoms with Gasteiger partial charge in [0.2, 0.25) is 0 Å². The molecular formula is C12H21N3S. The van der Waals surface area contributed by atoms with Crippen LogP contribution in [-0.2, 0) is 6.42 Å². The minimum absolute atomic E-state index is 0.657. The monoisotopic (exact) mass is 239 g/mol. The summed E-state index contributed by atoms with van der Waals surface area (Å²) in [5.41, 5.74) is 0. The van der Waals surface area contributed by atoms with E-state index >= 15 is 0 Å². The zero-order valence-corrected chi connectivity index (χ0v) is 10.7. The Morgan fingerprint density at radius 1 is 1.62 bits per heavy atom. The third-order valence-electron chi connectivity index (χ3n) is 3.29. The minimum Gasteiger partial charge on any atom is -0.315 e. The zero-order valence-electron chi connectivity index (χ0n) is 9.91. The molecule has 1 aliphatic heterocycles. The van der Waals surface area contributed by atoms with Gasteiger partial charge < -0.3 is 10.6 Å². The van der Waals surface area contributed by atoms with E-state index in [0.29, 0.717) is 6.04 Å². The summed E-state index contributed by atoms with van der Waals surface area (Å²) in [6.07, 6.45) is 5.63. The highest BCUT2D eigenvalue weighted by molar-refractivity contribution is 7.09. The first-order valence-corrected chi connectivity index (χ1v) is 7.06. The maximum absolute atomic E-state index is 4.28. The summed E-state index contributed by atoms with van der Waals surface area (Å²) in [6, 6.07) is 0.657. The molecule has 0 aromatic carbocycles. The van der Waals surface area contributed by atoms with Crippen molar-refractivity contribution in [3.8, 4) is 0 Å². The van der Waals surface area contributed by atoms with E-state index in [4.69, 9.17) is 0 Å². The Hall–Kier alpha value is -0.450. The van der Waals surface area contributed by atoms with Crippen LogP contribution in [0.1, 0.15) is 24.8 Å². The number of piperidine rings is 1. The van der Waals surface area contributed by atoms with Gasteiger partial charge in [-0.25, -0.2) is 4.98 Å². The van der Waals surface area contributed by atoms with Gasteiger partial charge in [-0.3, -0.25) is 0 Å². The molecule has 0 amide bonds. The summed E-state index contributed by atoms with van der Waals surface area (Å²) < 4.78 is 0. The summed E-state index contributed by atoms with van der Waals surface area (Å²) >= 11 is 1.74. The van der Waals surface area contributed by atoms with E-state index in [1.54, 1.807) is 11.3 Å². The maximum Gasteiger partial charge on any atom is 0.0937 e. The highest BCUT2D eigenvalue weighted by Gasteiger charge is 2.19. The lowest BCUT2D eigenvalue weighted by atomic mass is 9.93. The molecule has 2 N–H and O–H groups in total. The van der Waals surface area contributed by atoms with Crippen LogP contribution in [0.2, 0.25) is 0 Å². The highest BCUT2D eigenvalue weighted by Crippen LogP contribution is 2.14. The largest absolute Gasteiger partial charge is 0.315 e. The van der Waals surface area contributed by atoms with E-state index in [1.807, 2.05) is 11.6 Å². The molecule has 16 heavy (non-hydrogen) atoms. The first-order valence-electron chi connectivity index (χ1n) is 6.19. The molecule has 3 nitrogen and oxygen atoms in total. The second-order valence-corrected chi connectivity index (χ2v) is 5.54. The summed E-state index contributed by atoms with van der Waals surface area (Å²) in [7, 11) is 0. The molecule has 1 aliphatic rings. The van der Waals surface area contributed by atoms with Crippen molar-refractivity contribution in [1.29, 1.82) is 0 Å². The van der Waals surface area contributed by atoms with Crippen molar-refractivity contribution in [2.75, 3.05) is 19.6 Å². The highest BCUT2D eigenvalue weighted by atomic mass is 32.1. The van der Waals surface area contributed by atoms with Gasteiger partial charge in [0.05, 0.1) is 5.01 Å². The van der Waals surface area contributed by atoms with Gasteiger partial charge >= 0.3 is 0 Å². The van der Waals surface area contributed by atoms with Crippen LogP contribution < -0.4 is 10.6 Å². The predicted molar refractivity (Wildman–Crippen MR) is 68.9 cm³/mol. The van der Waals surface area contributed by atoms with Crippen molar-refractivity contribution in [3.05, 3.63) is 16.6 Å². The SMILES string of the molecule is CC1CCCNC1CNCCc1nccs1. The third kappa shape index (κ3) is 3.54. The fourth-order valence-electron chi connectivity index (χ4n) is 2.22. The molecule has 0 spiro atoms. The Balaban J connectivity index is 1.60. The average molecular weight is 239 g/mol. The molecule has 1 fully saturated rings. The topological polar surface area (TPSA) is 37.0 Å².